The standard InChI is InChI=1S/C7H11NO2.C2H4/c1-4-6(5-2)8-7(9)10-3;1-2/h4-5H,1H2,2-3H3,(H,8,9);1-2H2/b6-5+;. The molecule has 0 aliphatic rings. The van der Waals surface area contributed by atoms with Crippen LogP contribution in [0.4, 0.5) is 4.79 Å². The summed E-state index contributed by atoms with van der Waals surface area (Å²) in [6.07, 6.45) is 2.79. The minimum absolute atomic E-state index is 0.479. The second kappa shape index (κ2) is 9.49. The minimum Gasteiger partial charge on any atom is -0.453 e. The summed E-state index contributed by atoms with van der Waals surface area (Å²) in [6, 6.07) is 0. The maximum absolute atomic E-state index is 10.5. The topological polar surface area (TPSA) is 38.3 Å². The number of ether oxygens (including phenoxy) is 1. The lowest BCUT2D eigenvalue weighted by molar-refractivity contribution is 0.174. The highest BCUT2D eigenvalue weighted by atomic mass is 16.5. The van der Waals surface area contributed by atoms with Crippen molar-refractivity contribution in [3.63, 3.8) is 0 Å². The van der Waals surface area contributed by atoms with Crippen molar-refractivity contribution < 1.29 is 9.53 Å². The van der Waals surface area contributed by atoms with Crippen molar-refractivity contribution >= 4 is 6.09 Å². The fraction of sp³-hybridized carbons (Fsp3) is 0.222. The van der Waals surface area contributed by atoms with Gasteiger partial charge in [-0.15, -0.1) is 13.2 Å². The quantitative estimate of drug-likeness (QED) is 0.508. The zero-order chi connectivity index (χ0) is 9.98. The van der Waals surface area contributed by atoms with Gasteiger partial charge >= 0.3 is 6.09 Å². The monoisotopic (exact) mass is 169 g/mol. The molecule has 12 heavy (non-hydrogen) atoms. The summed E-state index contributed by atoms with van der Waals surface area (Å²) in [6.45, 7) is 11.3. The number of amides is 1. The molecule has 0 aromatic heterocycles. The van der Waals surface area contributed by atoms with Crippen LogP contribution in [0.3, 0.4) is 0 Å². The molecule has 0 fully saturated rings. The van der Waals surface area contributed by atoms with Gasteiger partial charge in [-0.2, -0.15) is 0 Å². The second-order valence-electron chi connectivity index (χ2n) is 1.56. The van der Waals surface area contributed by atoms with Gasteiger partial charge < -0.3 is 4.74 Å². The summed E-state index contributed by atoms with van der Waals surface area (Å²) in [4.78, 5) is 10.5. The van der Waals surface area contributed by atoms with E-state index in [4.69, 9.17) is 0 Å². The molecule has 0 aromatic rings. The van der Waals surface area contributed by atoms with Gasteiger partial charge in [-0.05, 0) is 13.0 Å². The number of rotatable bonds is 2. The van der Waals surface area contributed by atoms with Crippen molar-refractivity contribution in [1.82, 2.24) is 5.32 Å². The number of carbonyl (C=O) groups excluding carboxylic acids is 1. The molecule has 0 atom stereocenters. The Kier molecular flexibility index (Phi) is 10.4. The van der Waals surface area contributed by atoms with Crippen LogP contribution >= 0.6 is 0 Å². The summed E-state index contributed by atoms with van der Waals surface area (Å²) < 4.78 is 4.35. The Balaban J connectivity index is 0. The average molecular weight is 169 g/mol. The number of nitrogens with one attached hydrogen (secondary N) is 1. The Hall–Kier alpha value is -1.51. The first-order valence-electron chi connectivity index (χ1n) is 3.38. The summed E-state index contributed by atoms with van der Waals surface area (Å²) in [7, 11) is 1.31. The smallest absolute Gasteiger partial charge is 0.411 e. The highest BCUT2D eigenvalue weighted by Gasteiger charge is 1.96. The molecule has 0 heterocycles. The lowest BCUT2D eigenvalue weighted by atomic mass is 10.4. The zero-order valence-electron chi connectivity index (χ0n) is 7.59. The van der Waals surface area contributed by atoms with Crippen molar-refractivity contribution in [2.24, 2.45) is 0 Å². The number of hydrogen-bond donors (Lipinski definition) is 1. The van der Waals surface area contributed by atoms with E-state index in [-0.39, 0.29) is 0 Å². The molecule has 0 spiro atoms. The van der Waals surface area contributed by atoms with Gasteiger partial charge in [-0.3, -0.25) is 5.32 Å². The van der Waals surface area contributed by atoms with Crippen LogP contribution in [-0.2, 0) is 4.74 Å². The number of alkyl carbamates (subject to hydrolysis) is 1. The molecular formula is C9H15NO2. The van der Waals surface area contributed by atoms with E-state index in [0.717, 1.165) is 0 Å². The molecule has 68 valence electrons. The first-order chi connectivity index (χ1) is 5.74. The van der Waals surface area contributed by atoms with E-state index in [1.807, 2.05) is 0 Å². The molecule has 0 saturated carbocycles. The highest BCUT2D eigenvalue weighted by molar-refractivity contribution is 5.69. The predicted molar refractivity (Wildman–Crippen MR) is 50.7 cm³/mol. The SMILES string of the molecule is C=C.C=C/C(=C\C)NC(=O)OC. The van der Waals surface area contributed by atoms with Crippen LogP contribution in [0, 0.1) is 0 Å². The van der Waals surface area contributed by atoms with E-state index in [1.54, 1.807) is 13.0 Å². The van der Waals surface area contributed by atoms with Crippen molar-refractivity contribution in [2.45, 2.75) is 6.92 Å². The van der Waals surface area contributed by atoms with E-state index in [1.165, 1.54) is 13.2 Å². The summed E-state index contributed by atoms with van der Waals surface area (Å²) in [5.74, 6) is 0. The largest absolute Gasteiger partial charge is 0.453 e. The van der Waals surface area contributed by atoms with E-state index in [9.17, 15) is 4.79 Å². The third-order valence-corrected chi connectivity index (χ3v) is 0.963. The van der Waals surface area contributed by atoms with E-state index in [0.29, 0.717) is 5.70 Å². The highest BCUT2D eigenvalue weighted by Crippen LogP contribution is 1.88. The molecule has 0 aliphatic carbocycles. The Morgan fingerprint density at radius 3 is 2.25 bits per heavy atom. The molecule has 3 nitrogen and oxygen atoms in total. The van der Waals surface area contributed by atoms with Crippen LogP contribution in [-0.4, -0.2) is 13.2 Å². The molecule has 0 radical (unpaired) electrons. The Labute approximate surface area is 73.4 Å². The molecule has 0 rings (SSSR count). The molecule has 1 N–H and O–H groups in total. The van der Waals surface area contributed by atoms with Crippen LogP contribution < -0.4 is 5.32 Å². The van der Waals surface area contributed by atoms with Gasteiger partial charge in [0.1, 0.15) is 0 Å². The Morgan fingerprint density at radius 1 is 1.50 bits per heavy atom. The fourth-order valence-electron chi connectivity index (χ4n) is 0.410. The predicted octanol–water partition coefficient (Wildman–Crippen LogP) is 2.23. The molecule has 3 heteroatoms. The van der Waals surface area contributed by atoms with Crippen molar-refractivity contribution in [3.05, 3.63) is 37.6 Å². The normalized spacial score (nSPS) is 9.00. The van der Waals surface area contributed by atoms with E-state index >= 15 is 0 Å². The molecule has 0 aliphatic heterocycles. The fourth-order valence-corrected chi connectivity index (χ4v) is 0.410. The third kappa shape index (κ3) is 6.61. The lowest BCUT2D eigenvalue weighted by Crippen LogP contribution is -2.20. The van der Waals surface area contributed by atoms with Gasteiger partial charge in [0.05, 0.1) is 7.11 Å². The van der Waals surface area contributed by atoms with Gasteiger partial charge in [0.15, 0.2) is 0 Å². The van der Waals surface area contributed by atoms with Crippen molar-refractivity contribution in [2.75, 3.05) is 7.11 Å². The third-order valence-electron chi connectivity index (χ3n) is 0.963. The summed E-state index contributed by atoms with van der Waals surface area (Å²) in [5, 5.41) is 2.45. The lowest BCUT2D eigenvalue weighted by Gasteiger charge is -2.01. The molecular weight excluding hydrogens is 154 g/mol. The second-order valence-corrected chi connectivity index (χ2v) is 1.56. The number of allylic oxidation sites excluding steroid dienone is 2. The van der Waals surface area contributed by atoms with Gasteiger partial charge in [0.25, 0.3) is 0 Å². The van der Waals surface area contributed by atoms with Crippen LogP contribution in [0.2, 0.25) is 0 Å². The van der Waals surface area contributed by atoms with Gasteiger partial charge in [0.2, 0.25) is 0 Å². The molecule has 0 aromatic carbocycles. The van der Waals surface area contributed by atoms with Gasteiger partial charge in [-0.25, -0.2) is 4.79 Å². The Morgan fingerprint density at radius 2 is 2.00 bits per heavy atom. The van der Waals surface area contributed by atoms with Crippen molar-refractivity contribution in [1.29, 1.82) is 0 Å². The number of methoxy groups -OCH3 is 1. The van der Waals surface area contributed by atoms with Crippen LogP contribution in [0.25, 0.3) is 0 Å². The first kappa shape index (κ1) is 13.1. The molecule has 1 amide bonds. The summed E-state index contributed by atoms with van der Waals surface area (Å²) in [5.41, 5.74) is 0.645. The zero-order valence-corrected chi connectivity index (χ0v) is 7.59. The maximum atomic E-state index is 10.5. The average Bonchev–Trinajstić information content (AvgIpc) is 2.16. The van der Waals surface area contributed by atoms with Crippen LogP contribution in [0.5, 0.6) is 0 Å². The first-order valence-corrected chi connectivity index (χ1v) is 3.38. The van der Waals surface area contributed by atoms with E-state index in [2.05, 4.69) is 29.8 Å². The molecule has 0 bridgehead atoms. The van der Waals surface area contributed by atoms with Gasteiger partial charge in [-0.1, -0.05) is 12.7 Å². The summed E-state index contributed by atoms with van der Waals surface area (Å²) >= 11 is 0. The maximum Gasteiger partial charge on any atom is 0.411 e. The molecule has 0 saturated heterocycles. The number of carbonyl (C=O) groups is 1. The van der Waals surface area contributed by atoms with Gasteiger partial charge in [0, 0.05) is 5.70 Å². The number of hydrogen-bond acceptors (Lipinski definition) is 2. The van der Waals surface area contributed by atoms with E-state index < -0.39 is 6.09 Å². The van der Waals surface area contributed by atoms with Crippen LogP contribution in [0.1, 0.15) is 6.92 Å². The Bertz CT molecular complexity index is 173. The van der Waals surface area contributed by atoms with Crippen LogP contribution in [0.15, 0.2) is 37.6 Å². The van der Waals surface area contributed by atoms with Crippen molar-refractivity contribution in [3.8, 4) is 0 Å². The molecule has 0 unspecified atom stereocenters. The minimum atomic E-state index is -0.479.